The lowest BCUT2D eigenvalue weighted by molar-refractivity contribution is 0.174. The molecule has 1 aliphatic rings. The van der Waals surface area contributed by atoms with Crippen molar-refractivity contribution in [2.75, 3.05) is 6.79 Å². The Morgan fingerprint density at radius 2 is 1.78 bits per heavy atom. The van der Waals surface area contributed by atoms with E-state index in [1.807, 2.05) is 43.3 Å². The largest absolute Gasteiger partial charge is 0.454 e. The summed E-state index contributed by atoms with van der Waals surface area (Å²) < 4.78 is 18.1. The molecule has 0 bridgehead atoms. The smallest absolute Gasteiger partial charge is 0.266 e. The van der Waals surface area contributed by atoms with Crippen molar-refractivity contribution < 1.29 is 14.0 Å². The first-order valence-electron chi connectivity index (χ1n) is 11.6. The summed E-state index contributed by atoms with van der Waals surface area (Å²) in [6, 6.07) is 19.3. The Morgan fingerprint density at radius 3 is 2.56 bits per heavy atom. The van der Waals surface area contributed by atoms with Crippen molar-refractivity contribution in [3.63, 3.8) is 0 Å². The van der Waals surface area contributed by atoms with Gasteiger partial charge in [0, 0.05) is 11.6 Å². The number of ether oxygens (including phenoxy) is 2. The number of aromatic nitrogens is 4. The lowest BCUT2D eigenvalue weighted by Crippen LogP contribution is -2.22. The van der Waals surface area contributed by atoms with Gasteiger partial charge in [0.05, 0.1) is 22.3 Å². The lowest BCUT2D eigenvalue weighted by atomic mass is 10.1. The maximum atomic E-state index is 13.7. The second-order valence-electron chi connectivity index (χ2n) is 8.39. The summed E-state index contributed by atoms with van der Waals surface area (Å²) in [4.78, 5) is 23.1. The summed E-state index contributed by atoms with van der Waals surface area (Å²) in [5.74, 6) is 2.46. The fourth-order valence-corrected chi connectivity index (χ4v) is 4.97. The first-order valence-corrected chi connectivity index (χ1v) is 12.6. The zero-order valence-corrected chi connectivity index (χ0v) is 20.5. The van der Waals surface area contributed by atoms with Gasteiger partial charge in [-0.25, -0.2) is 4.98 Å². The van der Waals surface area contributed by atoms with Crippen molar-refractivity contribution in [1.29, 1.82) is 0 Å². The Kier molecular flexibility index (Phi) is 5.69. The minimum Gasteiger partial charge on any atom is -0.454 e. The van der Waals surface area contributed by atoms with Crippen LogP contribution in [0.5, 0.6) is 11.5 Å². The molecule has 0 atom stereocenters. The topological polar surface area (TPSA) is 92.3 Å². The van der Waals surface area contributed by atoms with E-state index < -0.39 is 0 Å². The molecule has 1 aliphatic heterocycles. The van der Waals surface area contributed by atoms with Crippen LogP contribution in [0.3, 0.4) is 0 Å². The van der Waals surface area contributed by atoms with E-state index in [0.29, 0.717) is 45.0 Å². The van der Waals surface area contributed by atoms with Crippen molar-refractivity contribution in [3.05, 3.63) is 88.0 Å². The van der Waals surface area contributed by atoms with Gasteiger partial charge in [-0.2, -0.15) is 4.98 Å². The zero-order chi connectivity index (χ0) is 24.6. The molecule has 3 aromatic carbocycles. The van der Waals surface area contributed by atoms with Gasteiger partial charge in [-0.05, 0) is 36.6 Å². The lowest BCUT2D eigenvalue weighted by Gasteiger charge is -2.15. The van der Waals surface area contributed by atoms with Crippen LogP contribution in [0.1, 0.15) is 23.9 Å². The summed E-state index contributed by atoms with van der Waals surface area (Å²) >= 11 is 1.36. The van der Waals surface area contributed by atoms with Crippen molar-refractivity contribution >= 4 is 22.7 Å². The predicted molar refractivity (Wildman–Crippen MR) is 137 cm³/mol. The molecule has 0 amide bonds. The summed E-state index contributed by atoms with van der Waals surface area (Å²) in [7, 11) is 0. The molecule has 0 unspecified atom stereocenters. The number of thioether (sulfide) groups is 1. The molecule has 6 rings (SSSR count). The van der Waals surface area contributed by atoms with Gasteiger partial charge in [-0.1, -0.05) is 66.3 Å². The van der Waals surface area contributed by atoms with Crippen LogP contribution in [0, 0.1) is 6.92 Å². The van der Waals surface area contributed by atoms with E-state index >= 15 is 0 Å². The molecule has 0 saturated heterocycles. The van der Waals surface area contributed by atoms with E-state index in [4.69, 9.17) is 19.0 Å². The SMILES string of the molecule is CCc1ccc(-c2noc(CSc3nc4cc5c(cc4c(=O)n3-c3ccccc3C)OCO5)n2)cc1. The molecule has 36 heavy (non-hydrogen) atoms. The highest BCUT2D eigenvalue weighted by Crippen LogP contribution is 2.36. The van der Waals surface area contributed by atoms with Gasteiger partial charge in [-0.3, -0.25) is 9.36 Å². The molecule has 3 heterocycles. The summed E-state index contributed by atoms with van der Waals surface area (Å²) in [6.07, 6.45) is 0.970. The second-order valence-corrected chi connectivity index (χ2v) is 9.34. The van der Waals surface area contributed by atoms with E-state index in [0.717, 1.165) is 23.2 Å². The third-order valence-corrected chi connectivity index (χ3v) is 7.02. The predicted octanol–water partition coefficient (Wildman–Crippen LogP) is 5.33. The van der Waals surface area contributed by atoms with Crippen LogP contribution < -0.4 is 15.0 Å². The highest BCUT2D eigenvalue weighted by molar-refractivity contribution is 7.98. The third-order valence-electron chi connectivity index (χ3n) is 6.10. The number of nitrogens with zero attached hydrogens (tertiary/aromatic N) is 4. The van der Waals surface area contributed by atoms with Crippen LogP contribution >= 0.6 is 11.8 Å². The van der Waals surface area contributed by atoms with E-state index in [9.17, 15) is 4.79 Å². The highest BCUT2D eigenvalue weighted by atomic mass is 32.2. The molecule has 0 fully saturated rings. The monoisotopic (exact) mass is 498 g/mol. The van der Waals surface area contributed by atoms with Gasteiger partial charge in [0.25, 0.3) is 5.56 Å². The summed E-state index contributed by atoms with van der Waals surface area (Å²) in [6.45, 7) is 4.21. The standard InChI is InChI=1S/C27H22N4O4S/c1-3-17-8-10-18(11-9-17)25-29-24(35-30-25)14-36-27-28-20-13-23-22(33-15-34-23)12-19(20)26(32)31(27)21-7-5-4-6-16(21)2/h4-13H,3,14-15H2,1-2H3. The molecule has 0 spiro atoms. The van der Waals surface area contributed by atoms with Crippen LogP contribution in [0.25, 0.3) is 28.0 Å². The second kappa shape index (κ2) is 9.16. The van der Waals surface area contributed by atoms with Gasteiger partial charge in [0.15, 0.2) is 16.7 Å². The first-order chi connectivity index (χ1) is 17.6. The molecule has 0 radical (unpaired) electrons. The first kappa shape index (κ1) is 22.4. The maximum Gasteiger partial charge on any atom is 0.266 e. The Balaban J connectivity index is 1.38. The quantitative estimate of drug-likeness (QED) is 0.229. The number of fused-ring (bicyclic) bond motifs is 2. The van der Waals surface area contributed by atoms with Crippen LogP contribution in [0.2, 0.25) is 0 Å². The van der Waals surface area contributed by atoms with E-state index in [1.165, 1.54) is 17.3 Å². The molecular formula is C27H22N4O4S. The minimum absolute atomic E-state index is 0.125. The molecule has 2 aromatic heterocycles. The summed E-state index contributed by atoms with van der Waals surface area (Å²) in [5, 5.41) is 5.12. The van der Waals surface area contributed by atoms with Crippen molar-refractivity contribution in [3.8, 4) is 28.6 Å². The number of hydrogen-bond acceptors (Lipinski definition) is 8. The van der Waals surface area contributed by atoms with E-state index in [1.54, 1.807) is 16.7 Å². The number of benzene rings is 3. The van der Waals surface area contributed by atoms with E-state index in [-0.39, 0.29) is 12.4 Å². The Hall–Kier alpha value is -4.11. The molecule has 180 valence electrons. The number of para-hydroxylation sites is 1. The Morgan fingerprint density at radius 1 is 1.00 bits per heavy atom. The molecular weight excluding hydrogens is 476 g/mol. The van der Waals surface area contributed by atoms with E-state index in [2.05, 4.69) is 29.2 Å². The molecule has 0 aliphatic carbocycles. The molecule has 5 aromatic rings. The van der Waals surface area contributed by atoms with Crippen LogP contribution in [0.15, 0.2) is 75.1 Å². The van der Waals surface area contributed by atoms with Crippen molar-refractivity contribution in [2.24, 2.45) is 0 Å². The molecule has 0 saturated carbocycles. The summed E-state index contributed by atoms with van der Waals surface area (Å²) in [5.41, 5.74) is 4.22. The third kappa shape index (κ3) is 4.01. The fraction of sp³-hybridized carbons (Fsp3) is 0.185. The molecule has 8 nitrogen and oxygen atoms in total. The van der Waals surface area contributed by atoms with Gasteiger partial charge in [-0.15, -0.1) is 0 Å². The van der Waals surface area contributed by atoms with Gasteiger partial charge < -0.3 is 14.0 Å². The minimum atomic E-state index is -0.183. The highest BCUT2D eigenvalue weighted by Gasteiger charge is 2.21. The number of hydrogen-bond donors (Lipinski definition) is 0. The molecule has 9 heteroatoms. The average molecular weight is 499 g/mol. The van der Waals surface area contributed by atoms with Crippen LogP contribution in [0.4, 0.5) is 0 Å². The zero-order valence-electron chi connectivity index (χ0n) is 19.7. The van der Waals surface area contributed by atoms with Crippen molar-refractivity contribution in [2.45, 2.75) is 31.2 Å². The van der Waals surface area contributed by atoms with Crippen LogP contribution in [-0.2, 0) is 12.2 Å². The van der Waals surface area contributed by atoms with Gasteiger partial charge in [0.1, 0.15) is 0 Å². The fourth-order valence-electron chi connectivity index (χ4n) is 4.13. The normalized spacial score (nSPS) is 12.4. The number of rotatable bonds is 6. The number of aryl methyl sites for hydroxylation is 2. The average Bonchev–Trinajstić information content (AvgIpc) is 3.57. The van der Waals surface area contributed by atoms with Crippen LogP contribution in [-0.4, -0.2) is 26.5 Å². The van der Waals surface area contributed by atoms with Gasteiger partial charge >= 0.3 is 0 Å². The Labute approximate surface area is 210 Å². The van der Waals surface area contributed by atoms with Crippen molar-refractivity contribution in [1.82, 2.24) is 19.7 Å². The molecule has 0 N–H and O–H groups in total. The maximum absolute atomic E-state index is 13.7. The Bertz CT molecular complexity index is 1640. The van der Waals surface area contributed by atoms with Gasteiger partial charge in [0.2, 0.25) is 18.5 Å².